The third-order valence-electron chi connectivity index (χ3n) is 0.464. The van der Waals surface area contributed by atoms with Crippen LogP contribution in [0.5, 0.6) is 0 Å². The molecule has 2 nitrogen and oxygen atoms in total. The van der Waals surface area contributed by atoms with Crippen LogP contribution < -0.4 is 0 Å². The van der Waals surface area contributed by atoms with E-state index in [1.165, 1.54) is 0 Å². The summed E-state index contributed by atoms with van der Waals surface area (Å²) in [6.45, 7) is 1.84. The number of carboxylic acid groups (broad SMARTS) is 1. The Morgan fingerprint density at radius 3 is 2.14 bits per heavy atom. The van der Waals surface area contributed by atoms with Gasteiger partial charge in [0.2, 0.25) is 0 Å². The Kier molecular flexibility index (Phi) is 9.09. The Hall–Kier alpha value is 0.210. The first-order chi connectivity index (χ1) is 2.77. The van der Waals surface area contributed by atoms with Crippen molar-refractivity contribution >= 4 is 5.97 Å². The molecule has 0 aliphatic heterocycles. The molecule has 7 heavy (non-hydrogen) atoms. The van der Waals surface area contributed by atoms with Gasteiger partial charge in [-0.2, -0.15) is 0 Å². The Morgan fingerprint density at radius 2 is 2.14 bits per heavy atom. The molecule has 47 valence electrons. The zero-order valence-electron chi connectivity index (χ0n) is 4.07. The van der Waals surface area contributed by atoms with E-state index in [0.29, 0.717) is 6.42 Å². The fourth-order valence-corrected chi connectivity index (χ4v) is 0.214. The number of carbonyl (C=O) groups is 1. The minimum absolute atomic E-state index is 0. The zero-order chi connectivity index (χ0) is 4.99. The third kappa shape index (κ3) is 10.7. The van der Waals surface area contributed by atoms with E-state index < -0.39 is 5.97 Å². The predicted molar refractivity (Wildman–Crippen MR) is 22.5 cm³/mol. The van der Waals surface area contributed by atoms with Gasteiger partial charge in [-0.3, -0.25) is 4.79 Å². The molecular weight excluding hydrogens is 188 g/mol. The van der Waals surface area contributed by atoms with Crippen molar-refractivity contribution in [2.45, 2.75) is 19.8 Å². The first-order valence-electron chi connectivity index (χ1n) is 1.99. The molecule has 0 bridgehead atoms. The summed E-state index contributed by atoms with van der Waals surface area (Å²) < 4.78 is 0. The van der Waals surface area contributed by atoms with Gasteiger partial charge in [0.15, 0.2) is 0 Å². The quantitative estimate of drug-likeness (QED) is 0.665. The Bertz CT molecular complexity index is 53.7. The van der Waals surface area contributed by atoms with Gasteiger partial charge in [0.05, 0.1) is 0 Å². The number of aliphatic carboxylic acids is 1. The summed E-state index contributed by atoms with van der Waals surface area (Å²) in [6.07, 6.45) is 1.02. The van der Waals surface area contributed by atoms with Crippen molar-refractivity contribution in [2.75, 3.05) is 0 Å². The summed E-state index contributed by atoms with van der Waals surface area (Å²) in [4.78, 5) is 9.60. The van der Waals surface area contributed by atoms with Crippen LogP contribution in [0.1, 0.15) is 19.8 Å². The van der Waals surface area contributed by atoms with E-state index in [1.54, 1.807) is 0 Å². The number of hydrogen-bond acceptors (Lipinski definition) is 1. The summed E-state index contributed by atoms with van der Waals surface area (Å²) in [7, 11) is 0. The summed E-state index contributed by atoms with van der Waals surface area (Å²) in [6, 6.07) is 0. The van der Waals surface area contributed by atoms with Crippen molar-refractivity contribution in [3.8, 4) is 0 Å². The monoisotopic (exact) mass is 195 g/mol. The molecule has 0 aliphatic rings. The van der Waals surface area contributed by atoms with Crippen LogP contribution in [0.2, 0.25) is 0 Å². The first-order valence-corrected chi connectivity index (χ1v) is 1.99. The molecule has 0 fully saturated rings. The maximum Gasteiger partial charge on any atom is 0.303 e. The fraction of sp³-hybridized carbons (Fsp3) is 0.750. The topological polar surface area (TPSA) is 37.3 Å². The number of hydrogen-bond donors (Lipinski definition) is 1. The number of rotatable bonds is 2. The van der Waals surface area contributed by atoms with Crippen molar-refractivity contribution in [3.63, 3.8) is 0 Å². The average molecular weight is 196 g/mol. The van der Waals surface area contributed by atoms with E-state index in [9.17, 15) is 4.79 Å². The maximum absolute atomic E-state index is 9.60. The molecule has 0 aromatic heterocycles. The van der Waals surface area contributed by atoms with Gasteiger partial charge in [-0.05, 0) is 6.42 Å². The summed E-state index contributed by atoms with van der Waals surface area (Å²) >= 11 is 0. The molecule has 0 unspecified atom stereocenters. The van der Waals surface area contributed by atoms with Gasteiger partial charge in [-0.1, -0.05) is 6.92 Å². The van der Waals surface area contributed by atoms with Crippen molar-refractivity contribution < 1.29 is 32.3 Å². The van der Waals surface area contributed by atoms with Gasteiger partial charge in [0.25, 0.3) is 0 Å². The van der Waals surface area contributed by atoms with E-state index in [-0.39, 0.29) is 22.4 Å². The molecule has 0 aromatic rings. The van der Waals surface area contributed by atoms with Gasteiger partial charge >= 0.3 is 5.97 Å². The van der Waals surface area contributed by atoms with Crippen molar-refractivity contribution in [1.29, 1.82) is 0 Å². The van der Waals surface area contributed by atoms with Crippen molar-refractivity contribution in [2.24, 2.45) is 0 Å². The SMILES string of the molecule is CCCC(=O)O.[Ag]. The Labute approximate surface area is 58.4 Å². The largest absolute Gasteiger partial charge is 0.481 e. The average Bonchev–Trinajstić information content (AvgIpc) is 1.35. The van der Waals surface area contributed by atoms with Gasteiger partial charge < -0.3 is 5.11 Å². The van der Waals surface area contributed by atoms with Crippen LogP contribution in [-0.2, 0) is 27.2 Å². The van der Waals surface area contributed by atoms with Crippen LogP contribution in [0, 0.1) is 0 Å². The van der Waals surface area contributed by atoms with Crippen LogP contribution >= 0.6 is 0 Å². The summed E-state index contributed by atoms with van der Waals surface area (Å²) in [5.74, 6) is -0.711. The molecular formula is C4H8AgO2. The molecule has 1 N–H and O–H groups in total. The van der Waals surface area contributed by atoms with E-state index in [4.69, 9.17) is 5.11 Å². The molecule has 0 rings (SSSR count). The number of carboxylic acids is 1. The standard InChI is InChI=1S/C4H8O2.Ag/c1-2-3-4(5)6;/h2-3H2,1H3,(H,5,6);. The van der Waals surface area contributed by atoms with Crippen LogP contribution in [-0.4, -0.2) is 11.1 Å². The molecule has 0 saturated carbocycles. The van der Waals surface area contributed by atoms with Crippen LogP contribution in [0.15, 0.2) is 0 Å². The van der Waals surface area contributed by atoms with Gasteiger partial charge in [0, 0.05) is 28.8 Å². The van der Waals surface area contributed by atoms with Gasteiger partial charge in [-0.25, -0.2) is 0 Å². The fourth-order valence-electron chi connectivity index (χ4n) is 0.214. The molecule has 1 radical (unpaired) electrons. The van der Waals surface area contributed by atoms with Gasteiger partial charge in [0.1, 0.15) is 0 Å². The molecule has 0 atom stereocenters. The third-order valence-corrected chi connectivity index (χ3v) is 0.464. The Balaban J connectivity index is 0. The second kappa shape index (κ2) is 6.21. The molecule has 0 heterocycles. The van der Waals surface area contributed by atoms with Crippen molar-refractivity contribution in [3.05, 3.63) is 0 Å². The van der Waals surface area contributed by atoms with Gasteiger partial charge in [-0.15, -0.1) is 0 Å². The minimum Gasteiger partial charge on any atom is -0.481 e. The van der Waals surface area contributed by atoms with Crippen LogP contribution in [0.25, 0.3) is 0 Å². The maximum atomic E-state index is 9.60. The van der Waals surface area contributed by atoms with Crippen molar-refractivity contribution in [1.82, 2.24) is 0 Å². The molecule has 3 heteroatoms. The molecule has 0 saturated heterocycles. The zero-order valence-corrected chi connectivity index (χ0v) is 5.55. The predicted octanol–water partition coefficient (Wildman–Crippen LogP) is 0.869. The van der Waals surface area contributed by atoms with E-state index >= 15 is 0 Å². The molecule has 0 aliphatic carbocycles. The van der Waals surface area contributed by atoms with E-state index in [1.807, 2.05) is 6.92 Å². The summed E-state index contributed by atoms with van der Waals surface area (Å²) in [5, 5.41) is 7.91. The Morgan fingerprint density at radius 1 is 1.71 bits per heavy atom. The summed E-state index contributed by atoms with van der Waals surface area (Å²) in [5.41, 5.74) is 0. The molecule has 0 spiro atoms. The van der Waals surface area contributed by atoms with E-state index in [0.717, 1.165) is 6.42 Å². The first kappa shape index (κ1) is 10.2. The second-order valence-corrected chi connectivity index (χ2v) is 1.14. The molecule has 0 amide bonds. The molecule has 0 aromatic carbocycles. The van der Waals surface area contributed by atoms with E-state index in [2.05, 4.69) is 0 Å². The van der Waals surface area contributed by atoms with Crippen LogP contribution in [0.4, 0.5) is 0 Å². The smallest absolute Gasteiger partial charge is 0.303 e. The second-order valence-electron chi connectivity index (χ2n) is 1.14. The normalized spacial score (nSPS) is 7.00. The van der Waals surface area contributed by atoms with Crippen LogP contribution in [0.3, 0.4) is 0 Å². The minimum atomic E-state index is -0.711.